The van der Waals surface area contributed by atoms with Crippen molar-refractivity contribution in [2.75, 3.05) is 19.8 Å². The molecule has 0 bridgehead atoms. The fraction of sp³-hybridized carbons (Fsp3) is 0.650. The van der Waals surface area contributed by atoms with E-state index < -0.39 is 5.41 Å². The molecule has 24 heavy (non-hydrogen) atoms. The molecular formula is C20H31NO3. The van der Waals surface area contributed by atoms with Gasteiger partial charge in [-0.15, -0.1) is 0 Å². The minimum Gasteiger partial charge on any atom is -0.486 e. The van der Waals surface area contributed by atoms with Crippen molar-refractivity contribution in [3.63, 3.8) is 0 Å². The first-order valence-corrected chi connectivity index (χ1v) is 9.17. The second-order valence-electron chi connectivity index (χ2n) is 7.11. The SMILES string of the molecule is CCCCC(CC)CNC(=O)C(C)(C)c1ccc2c(c1)OCCO2. The van der Waals surface area contributed by atoms with Crippen molar-refractivity contribution in [1.82, 2.24) is 5.32 Å². The van der Waals surface area contributed by atoms with Crippen LogP contribution in [0.2, 0.25) is 0 Å². The molecule has 0 aromatic heterocycles. The van der Waals surface area contributed by atoms with Gasteiger partial charge in [-0.1, -0.05) is 39.2 Å². The van der Waals surface area contributed by atoms with E-state index in [9.17, 15) is 4.79 Å². The van der Waals surface area contributed by atoms with Crippen LogP contribution in [0.5, 0.6) is 11.5 Å². The predicted molar refractivity (Wildman–Crippen MR) is 96.8 cm³/mol. The van der Waals surface area contributed by atoms with E-state index in [1.165, 1.54) is 19.3 Å². The number of carbonyl (C=O) groups excluding carboxylic acids is 1. The zero-order valence-corrected chi connectivity index (χ0v) is 15.5. The van der Waals surface area contributed by atoms with E-state index >= 15 is 0 Å². The minimum absolute atomic E-state index is 0.0640. The number of fused-ring (bicyclic) bond motifs is 1. The number of rotatable bonds is 8. The first-order chi connectivity index (χ1) is 11.5. The van der Waals surface area contributed by atoms with E-state index in [0.717, 1.165) is 30.0 Å². The Kier molecular flexibility index (Phi) is 6.52. The summed E-state index contributed by atoms with van der Waals surface area (Å²) >= 11 is 0. The summed E-state index contributed by atoms with van der Waals surface area (Å²) in [6, 6.07) is 5.79. The Bertz CT molecular complexity index is 554. The van der Waals surface area contributed by atoms with Crippen molar-refractivity contribution in [2.45, 2.75) is 58.8 Å². The highest BCUT2D eigenvalue weighted by atomic mass is 16.6. The van der Waals surface area contributed by atoms with Gasteiger partial charge in [-0.3, -0.25) is 4.79 Å². The lowest BCUT2D eigenvalue weighted by atomic mass is 9.83. The summed E-state index contributed by atoms with van der Waals surface area (Å²) in [4.78, 5) is 12.7. The van der Waals surface area contributed by atoms with E-state index in [2.05, 4.69) is 19.2 Å². The van der Waals surface area contributed by atoms with E-state index in [4.69, 9.17) is 9.47 Å². The minimum atomic E-state index is -0.598. The second kappa shape index (κ2) is 8.41. The molecular weight excluding hydrogens is 302 g/mol. The van der Waals surface area contributed by atoms with Gasteiger partial charge in [0.2, 0.25) is 5.91 Å². The van der Waals surface area contributed by atoms with E-state index in [1.54, 1.807) is 0 Å². The van der Waals surface area contributed by atoms with Gasteiger partial charge in [-0.2, -0.15) is 0 Å². The molecule has 0 spiro atoms. The van der Waals surface area contributed by atoms with Crippen LogP contribution in [0.15, 0.2) is 18.2 Å². The maximum atomic E-state index is 12.7. The molecule has 4 nitrogen and oxygen atoms in total. The Morgan fingerprint density at radius 3 is 2.58 bits per heavy atom. The summed E-state index contributed by atoms with van der Waals surface area (Å²) in [5.74, 6) is 2.11. The van der Waals surface area contributed by atoms with E-state index in [0.29, 0.717) is 19.1 Å². The third kappa shape index (κ3) is 4.43. The molecule has 1 aromatic carbocycles. The Balaban J connectivity index is 2.01. The van der Waals surface area contributed by atoms with Crippen molar-refractivity contribution in [3.8, 4) is 11.5 Å². The number of carbonyl (C=O) groups is 1. The van der Waals surface area contributed by atoms with Crippen molar-refractivity contribution in [1.29, 1.82) is 0 Å². The summed E-state index contributed by atoms with van der Waals surface area (Å²) in [5, 5.41) is 3.15. The number of ether oxygens (including phenoxy) is 2. The largest absolute Gasteiger partial charge is 0.486 e. The quantitative estimate of drug-likeness (QED) is 0.780. The summed E-state index contributed by atoms with van der Waals surface area (Å²) in [7, 11) is 0. The molecule has 1 unspecified atom stereocenters. The van der Waals surface area contributed by atoms with E-state index in [-0.39, 0.29) is 5.91 Å². The van der Waals surface area contributed by atoms with Crippen molar-refractivity contribution >= 4 is 5.91 Å². The highest BCUT2D eigenvalue weighted by molar-refractivity contribution is 5.87. The van der Waals surface area contributed by atoms with Crippen LogP contribution in [0.25, 0.3) is 0 Å². The van der Waals surface area contributed by atoms with Crippen molar-refractivity contribution in [3.05, 3.63) is 23.8 Å². The number of amides is 1. The summed E-state index contributed by atoms with van der Waals surface area (Å²) in [6.07, 6.45) is 4.70. The maximum absolute atomic E-state index is 12.7. The molecule has 0 saturated heterocycles. The second-order valence-corrected chi connectivity index (χ2v) is 7.11. The highest BCUT2D eigenvalue weighted by Gasteiger charge is 2.31. The molecule has 2 rings (SSSR count). The smallest absolute Gasteiger partial charge is 0.230 e. The van der Waals surface area contributed by atoms with Crippen LogP contribution in [-0.4, -0.2) is 25.7 Å². The monoisotopic (exact) mass is 333 g/mol. The molecule has 1 atom stereocenters. The standard InChI is InChI=1S/C20H31NO3/c1-5-7-8-15(6-2)14-21-19(22)20(3,4)16-9-10-17-18(13-16)24-12-11-23-17/h9-10,13,15H,5-8,11-12,14H2,1-4H3,(H,21,22). The molecule has 1 N–H and O–H groups in total. The molecule has 4 heteroatoms. The van der Waals surface area contributed by atoms with Gasteiger partial charge in [0.25, 0.3) is 0 Å². The molecule has 1 aliphatic heterocycles. The van der Waals surface area contributed by atoms with Gasteiger partial charge in [0.15, 0.2) is 11.5 Å². The Labute approximate surface area is 145 Å². The molecule has 1 heterocycles. The molecule has 1 aliphatic rings. The number of nitrogens with one attached hydrogen (secondary N) is 1. The van der Waals surface area contributed by atoms with Gasteiger partial charge < -0.3 is 14.8 Å². The maximum Gasteiger partial charge on any atom is 0.230 e. The zero-order chi connectivity index (χ0) is 17.6. The number of unbranched alkanes of at least 4 members (excludes halogenated alkanes) is 1. The topological polar surface area (TPSA) is 47.6 Å². The number of hydrogen-bond acceptors (Lipinski definition) is 3. The molecule has 0 radical (unpaired) electrons. The highest BCUT2D eigenvalue weighted by Crippen LogP contribution is 2.35. The van der Waals surface area contributed by atoms with Crippen molar-refractivity contribution in [2.24, 2.45) is 5.92 Å². The molecule has 0 aliphatic carbocycles. The summed E-state index contributed by atoms with van der Waals surface area (Å²) in [6.45, 7) is 10.2. The average Bonchev–Trinajstić information content (AvgIpc) is 2.61. The molecule has 0 fully saturated rings. The lowest BCUT2D eigenvalue weighted by Gasteiger charge is -2.27. The Morgan fingerprint density at radius 1 is 1.21 bits per heavy atom. The molecule has 1 aromatic rings. The fourth-order valence-corrected chi connectivity index (χ4v) is 2.96. The number of hydrogen-bond donors (Lipinski definition) is 1. The van der Waals surface area contributed by atoms with Crippen LogP contribution in [0.3, 0.4) is 0 Å². The average molecular weight is 333 g/mol. The normalized spacial score (nSPS) is 15.0. The summed E-state index contributed by atoms with van der Waals surface area (Å²) < 4.78 is 11.2. The van der Waals surface area contributed by atoms with Gasteiger partial charge in [0.05, 0.1) is 5.41 Å². The Hall–Kier alpha value is -1.71. The van der Waals surface area contributed by atoms with Crippen LogP contribution in [0, 0.1) is 5.92 Å². The van der Waals surface area contributed by atoms with Crippen molar-refractivity contribution < 1.29 is 14.3 Å². The zero-order valence-electron chi connectivity index (χ0n) is 15.5. The lowest BCUT2D eigenvalue weighted by molar-refractivity contribution is -0.125. The van der Waals surface area contributed by atoms with Crippen LogP contribution in [0.4, 0.5) is 0 Å². The van der Waals surface area contributed by atoms with Crippen LogP contribution in [0.1, 0.15) is 58.9 Å². The van der Waals surface area contributed by atoms with Gasteiger partial charge in [-0.25, -0.2) is 0 Å². The fourth-order valence-electron chi connectivity index (χ4n) is 2.96. The predicted octanol–water partition coefficient (Wildman–Crippen LogP) is 4.07. The van der Waals surface area contributed by atoms with Gasteiger partial charge >= 0.3 is 0 Å². The van der Waals surface area contributed by atoms with Crippen LogP contribution >= 0.6 is 0 Å². The summed E-state index contributed by atoms with van der Waals surface area (Å²) in [5.41, 5.74) is 0.352. The van der Waals surface area contributed by atoms with Crippen LogP contribution in [-0.2, 0) is 10.2 Å². The van der Waals surface area contributed by atoms with Gasteiger partial charge in [0.1, 0.15) is 13.2 Å². The molecule has 134 valence electrons. The Morgan fingerprint density at radius 2 is 1.92 bits per heavy atom. The third-order valence-electron chi connectivity index (χ3n) is 4.93. The lowest BCUT2D eigenvalue weighted by Crippen LogP contribution is -2.42. The first kappa shape index (κ1) is 18.6. The number of benzene rings is 1. The van der Waals surface area contributed by atoms with Crippen LogP contribution < -0.4 is 14.8 Å². The first-order valence-electron chi connectivity index (χ1n) is 9.17. The molecule has 1 amide bonds. The van der Waals surface area contributed by atoms with Gasteiger partial charge in [0, 0.05) is 6.54 Å². The third-order valence-corrected chi connectivity index (χ3v) is 4.93. The van der Waals surface area contributed by atoms with E-state index in [1.807, 2.05) is 32.0 Å². The molecule has 0 saturated carbocycles. The van der Waals surface area contributed by atoms with Gasteiger partial charge in [-0.05, 0) is 43.9 Å².